The van der Waals surface area contributed by atoms with Gasteiger partial charge in [-0.3, -0.25) is 4.55 Å². The van der Waals surface area contributed by atoms with Crippen molar-refractivity contribution in [3.05, 3.63) is 48.5 Å². The van der Waals surface area contributed by atoms with Crippen molar-refractivity contribution in [3.8, 4) is 22.6 Å². The summed E-state index contributed by atoms with van der Waals surface area (Å²) in [6.07, 6.45) is 8.81. The number of hydrogen-bond donors (Lipinski definition) is 1. The Kier molecular flexibility index (Phi) is 10.7. The van der Waals surface area contributed by atoms with Gasteiger partial charge in [-0.15, -0.1) is 0 Å². The van der Waals surface area contributed by atoms with Gasteiger partial charge in [0.15, 0.2) is 0 Å². The lowest BCUT2D eigenvalue weighted by molar-refractivity contribution is 0.296. The lowest BCUT2D eigenvalue weighted by atomic mass is 10.0. The van der Waals surface area contributed by atoms with E-state index in [0.29, 0.717) is 12.4 Å². The van der Waals surface area contributed by atoms with Crippen LogP contribution in [0, 0.1) is 0 Å². The van der Waals surface area contributed by atoms with Crippen molar-refractivity contribution in [2.45, 2.75) is 58.3 Å². The Balaban J connectivity index is 1.99. The first-order chi connectivity index (χ1) is 14.5. The second kappa shape index (κ2) is 13.3. The quantitative estimate of drug-likeness (QED) is 0.269. The van der Waals surface area contributed by atoms with Crippen molar-refractivity contribution in [2.24, 2.45) is 0 Å². The second-order valence-corrected chi connectivity index (χ2v) is 9.03. The molecule has 2 rings (SSSR count). The van der Waals surface area contributed by atoms with Crippen molar-refractivity contribution in [1.29, 1.82) is 0 Å². The number of ether oxygens (including phenoxy) is 2. The van der Waals surface area contributed by atoms with Crippen LogP contribution in [0.5, 0.6) is 11.5 Å². The molecule has 30 heavy (non-hydrogen) atoms. The molecule has 0 aliphatic carbocycles. The van der Waals surface area contributed by atoms with E-state index in [1.165, 1.54) is 32.1 Å². The third-order valence-corrected chi connectivity index (χ3v) is 5.66. The zero-order valence-electron chi connectivity index (χ0n) is 17.9. The van der Waals surface area contributed by atoms with E-state index in [4.69, 9.17) is 14.0 Å². The third kappa shape index (κ3) is 9.18. The molecule has 0 bridgehead atoms. The minimum atomic E-state index is -3.98. The molecule has 0 saturated carbocycles. The zero-order valence-corrected chi connectivity index (χ0v) is 18.7. The molecule has 0 radical (unpaired) electrons. The molecule has 0 unspecified atom stereocenters. The van der Waals surface area contributed by atoms with E-state index in [-0.39, 0.29) is 18.8 Å². The molecule has 6 heteroatoms. The van der Waals surface area contributed by atoms with Crippen molar-refractivity contribution in [2.75, 3.05) is 19.0 Å². The summed E-state index contributed by atoms with van der Waals surface area (Å²) in [6.45, 7) is 3.07. The molecule has 0 spiro atoms. The molecule has 166 valence electrons. The maximum atomic E-state index is 10.9. The fourth-order valence-electron chi connectivity index (χ4n) is 3.31. The highest BCUT2D eigenvalue weighted by Crippen LogP contribution is 2.38. The van der Waals surface area contributed by atoms with Gasteiger partial charge in [0, 0.05) is 0 Å². The summed E-state index contributed by atoms with van der Waals surface area (Å²) in [4.78, 5) is 0. The zero-order chi connectivity index (χ0) is 21.7. The van der Waals surface area contributed by atoms with Crippen LogP contribution in [0.1, 0.15) is 58.3 Å². The van der Waals surface area contributed by atoms with Gasteiger partial charge in [0.2, 0.25) is 0 Å². The average Bonchev–Trinajstić information content (AvgIpc) is 2.73. The van der Waals surface area contributed by atoms with E-state index in [9.17, 15) is 8.42 Å². The first kappa shape index (κ1) is 24.2. The molecule has 0 heterocycles. The highest BCUT2D eigenvalue weighted by Gasteiger charge is 2.14. The Morgan fingerprint density at radius 3 is 1.90 bits per heavy atom. The van der Waals surface area contributed by atoms with Crippen LogP contribution in [0.4, 0.5) is 0 Å². The summed E-state index contributed by atoms with van der Waals surface area (Å²) < 4.78 is 42.7. The van der Waals surface area contributed by atoms with Crippen LogP contribution < -0.4 is 9.47 Å². The van der Waals surface area contributed by atoms with Gasteiger partial charge in [0.25, 0.3) is 10.1 Å². The third-order valence-electron chi connectivity index (χ3n) is 4.86. The maximum absolute atomic E-state index is 10.9. The molecule has 0 atom stereocenters. The van der Waals surface area contributed by atoms with Crippen LogP contribution in [0.2, 0.25) is 0 Å². The minimum absolute atomic E-state index is 0.195. The van der Waals surface area contributed by atoms with Gasteiger partial charge in [0.1, 0.15) is 11.5 Å². The lowest BCUT2D eigenvalue weighted by Gasteiger charge is -2.16. The smallest absolute Gasteiger partial charge is 0.264 e. The van der Waals surface area contributed by atoms with E-state index in [1.54, 1.807) is 0 Å². The van der Waals surface area contributed by atoms with Crippen LogP contribution in [0.15, 0.2) is 48.5 Å². The van der Waals surface area contributed by atoms with E-state index < -0.39 is 10.1 Å². The van der Waals surface area contributed by atoms with E-state index in [1.807, 2.05) is 48.5 Å². The number of benzene rings is 2. The highest BCUT2D eigenvalue weighted by atomic mass is 32.2. The number of rotatable bonds is 15. The van der Waals surface area contributed by atoms with Gasteiger partial charge in [-0.25, -0.2) is 0 Å². The van der Waals surface area contributed by atoms with Crippen molar-refractivity contribution in [1.82, 2.24) is 0 Å². The van der Waals surface area contributed by atoms with Crippen molar-refractivity contribution < 1.29 is 22.4 Å². The van der Waals surface area contributed by atoms with Gasteiger partial charge in [-0.2, -0.15) is 8.42 Å². The van der Waals surface area contributed by atoms with Gasteiger partial charge in [-0.05, 0) is 30.5 Å². The molecule has 0 aromatic heterocycles. The van der Waals surface area contributed by atoms with E-state index in [2.05, 4.69) is 6.92 Å². The molecule has 0 fully saturated rings. The highest BCUT2D eigenvalue weighted by molar-refractivity contribution is 7.85. The first-order valence-electron chi connectivity index (χ1n) is 10.9. The molecule has 2 aromatic carbocycles. The Morgan fingerprint density at radius 2 is 1.30 bits per heavy atom. The standard InChI is InChI=1S/C24H34O5S/c1-2-3-4-5-6-7-11-18-28-22-16-12-17-23(29-19-13-20-30(25,26)27)24(22)21-14-9-8-10-15-21/h8-10,12,14-17H,2-7,11,13,18-20H2,1H3,(H,25,26,27). The molecular formula is C24H34O5S. The minimum Gasteiger partial charge on any atom is -0.493 e. The summed E-state index contributed by atoms with van der Waals surface area (Å²) in [5.41, 5.74) is 1.85. The second-order valence-electron chi connectivity index (χ2n) is 7.45. The molecule has 0 aliphatic heterocycles. The molecule has 1 N–H and O–H groups in total. The van der Waals surface area contributed by atoms with Crippen LogP contribution in [-0.4, -0.2) is 31.9 Å². The summed E-state index contributed by atoms with van der Waals surface area (Å²) in [5.74, 6) is 1.09. The molecule has 5 nitrogen and oxygen atoms in total. The fourth-order valence-corrected chi connectivity index (χ4v) is 3.79. The predicted molar refractivity (Wildman–Crippen MR) is 122 cm³/mol. The Hall–Kier alpha value is -2.05. The first-order valence-corrected chi connectivity index (χ1v) is 12.5. The number of unbranched alkanes of at least 4 members (excludes halogenated alkanes) is 6. The van der Waals surface area contributed by atoms with Gasteiger partial charge in [-0.1, -0.05) is 81.8 Å². The van der Waals surface area contributed by atoms with Crippen molar-refractivity contribution >= 4 is 10.1 Å². The fraction of sp³-hybridized carbons (Fsp3) is 0.500. The van der Waals surface area contributed by atoms with Crippen LogP contribution in [0.25, 0.3) is 11.1 Å². The Bertz CT molecular complexity index is 834. The van der Waals surface area contributed by atoms with E-state index >= 15 is 0 Å². The molecule has 0 saturated heterocycles. The van der Waals surface area contributed by atoms with Crippen LogP contribution >= 0.6 is 0 Å². The SMILES string of the molecule is CCCCCCCCCOc1cccc(OCCCS(=O)(=O)O)c1-c1ccccc1. The largest absolute Gasteiger partial charge is 0.493 e. The molecule has 0 aliphatic rings. The summed E-state index contributed by atoms with van der Waals surface area (Å²) in [5, 5.41) is 0. The normalized spacial score (nSPS) is 11.4. The van der Waals surface area contributed by atoms with E-state index in [0.717, 1.165) is 29.7 Å². The lowest BCUT2D eigenvalue weighted by Crippen LogP contribution is -2.09. The Morgan fingerprint density at radius 1 is 0.733 bits per heavy atom. The predicted octanol–water partition coefficient (Wildman–Crippen LogP) is 6.14. The van der Waals surface area contributed by atoms with Gasteiger partial charge >= 0.3 is 0 Å². The van der Waals surface area contributed by atoms with Crippen LogP contribution in [0.3, 0.4) is 0 Å². The maximum Gasteiger partial charge on any atom is 0.264 e. The molecule has 2 aromatic rings. The molecule has 0 amide bonds. The average molecular weight is 435 g/mol. The summed E-state index contributed by atoms with van der Waals surface area (Å²) in [7, 11) is -3.98. The monoisotopic (exact) mass is 434 g/mol. The topological polar surface area (TPSA) is 72.8 Å². The van der Waals surface area contributed by atoms with Gasteiger partial charge in [0.05, 0.1) is 24.5 Å². The molecular weight excluding hydrogens is 400 g/mol. The van der Waals surface area contributed by atoms with Crippen molar-refractivity contribution in [3.63, 3.8) is 0 Å². The van der Waals surface area contributed by atoms with Gasteiger partial charge < -0.3 is 9.47 Å². The van der Waals surface area contributed by atoms with Crippen LogP contribution in [-0.2, 0) is 10.1 Å². The Labute approximate surface area is 181 Å². The number of hydrogen-bond acceptors (Lipinski definition) is 4. The summed E-state index contributed by atoms with van der Waals surface area (Å²) >= 11 is 0. The summed E-state index contributed by atoms with van der Waals surface area (Å²) in [6, 6.07) is 15.6.